The van der Waals surface area contributed by atoms with Gasteiger partial charge in [0.25, 0.3) is 0 Å². The lowest BCUT2D eigenvalue weighted by Gasteiger charge is -2.09. The predicted octanol–water partition coefficient (Wildman–Crippen LogP) is 2.81. The van der Waals surface area contributed by atoms with Crippen LogP contribution in [-0.2, 0) is 6.54 Å². The van der Waals surface area contributed by atoms with Crippen molar-refractivity contribution in [3.8, 4) is 0 Å². The second-order valence-electron chi connectivity index (χ2n) is 4.26. The van der Waals surface area contributed by atoms with E-state index in [0.717, 1.165) is 12.1 Å². The topological polar surface area (TPSA) is 70.6 Å². The van der Waals surface area contributed by atoms with Gasteiger partial charge in [0.2, 0.25) is 0 Å². The first kappa shape index (κ1) is 14.7. The average Bonchev–Trinajstić information content (AvgIpc) is 2.51. The van der Waals surface area contributed by atoms with Crippen LogP contribution in [0, 0.1) is 17.5 Å². The molecule has 2 aromatic rings. The second-order valence-corrected chi connectivity index (χ2v) is 4.26. The van der Waals surface area contributed by atoms with Gasteiger partial charge in [0.05, 0.1) is 5.69 Å². The Kier molecular flexibility index (Phi) is 4.32. The largest absolute Gasteiger partial charge is 0.409 e. The van der Waals surface area contributed by atoms with Crippen LogP contribution in [0.25, 0.3) is 0 Å². The van der Waals surface area contributed by atoms with Crippen molar-refractivity contribution < 1.29 is 18.4 Å². The van der Waals surface area contributed by atoms with Gasteiger partial charge in [-0.25, -0.2) is 13.2 Å². The van der Waals surface area contributed by atoms with Gasteiger partial charge in [0, 0.05) is 12.1 Å². The van der Waals surface area contributed by atoms with Crippen molar-refractivity contribution in [3.63, 3.8) is 0 Å². The minimum absolute atomic E-state index is 0.0594. The fraction of sp³-hybridized carbons (Fsp3) is 0.0714. The molecule has 0 spiro atoms. The number of hydrogen-bond acceptors (Lipinski definition) is 3. The van der Waals surface area contributed by atoms with Gasteiger partial charge >= 0.3 is 0 Å². The van der Waals surface area contributed by atoms with Gasteiger partial charge < -0.3 is 16.3 Å². The van der Waals surface area contributed by atoms with Crippen LogP contribution in [-0.4, -0.2) is 11.0 Å². The van der Waals surface area contributed by atoms with Gasteiger partial charge in [-0.15, -0.1) is 0 Å². The molecule has 4 nitrogen and oxygen atoms in total. The molecule has 0 fully saturated rings. The molecule has 0 radical (unpaired) electrons. The molecule has 0 saturated carbocycles. The monoisotopic (exact) mass is 295 g/mol. The van der Waals surface area contributed by atoms with Crippen LogP contribution in [0.5, 0.6) is 0 Å². The summed E-state index contributed by atoms with van der Waals surface area (Å²) in [4.78, 5) is 0. The third kappa shape index (κ3) is 3.25. The highest BCUT2D eigenvalue weighted by atomic mass is 19.2. The molecule has 0 atom stereocenters. The molecule has 110 valence electrons. The van der Waals surface area contributed by atoms with Gasteiger partial charge in [-0.1, -0.05) is 23.4 Å². The molecule has 2 rings (SSSR count). The number of nitrogens with zero attached hydrogens (tertiary/aromatic N) is 1. The summed E-state index contributed by atoms with van der Waals surface area (Å²) in [5, 5.41) is 14.1. The average molecular weight is 295 g/mol. The lowest BCUT2D eigenvalue weighted by molar-refractivity contribution is 0.318. The molecule has 0 aliphatic heterocycles. The minimum Gasteiger partial charge on any atom is -0.409 e. The van der Waals surface area contributed by atoms with Crippen LogP contribution in [0.15, 0.2) is 41.6 Å². The lowest BCUT2D eigenvalue weighted by atomic mass is 10.1. The zero-order valence-corrected chi connectivity index (χ0v) is 10.8. The summed E-state index contributed by atoms with van der Waals surface area (Å²) in [6.07, 6.45) is 0. The first-order chi connectivity index (χ1) is 10.0. The van der Waals surface area contributed by atoms with Crippen molar-refractivity contribution in [1.29, 1.82) is 0 Å². The highest BCUT2D eigenvalue weighted by Gasteiger charge is 2.13. The van der Waals surface area contributed by atoms with Crippen LogP contribution >= 0.6 is 0 Å². The normalized spacial score (nSPS) is 11.5. The van der Waals surface area contributed by atoms with Crippen molar-refractivity contribution in [2.45, 2.75) is 6.54 Å². The molecule has 0 aliphatic rings. The van der Waals surface area contributed by atoms with E-state index in [1.165, 1.54) is 0 Å². The van der Waals surface area contributed by atoms with E-state index in [1.54, 1.807) is 24.3 Å². The molecule has 0 unspecified atom stereocenters. The van der Waals surface area contributed by atoms with Crippen molar-refractivity contribution >= 4 is 11.5 Å². The molecule has 21 heavy (non-hydrogen) atoms. The van der Waals surface area contributed by atoms with Crippen LogP contribution in [0.3, 0.4) is 0 Å². The van der Waals surface area contributed by atoms with Crippen LogP contribution in [0.4, 0.5) is 18.9 Å². The van der Waals surface area contributed by atoms with Crippen LogP contribution in [0.2, 0.25) is 0 Å². The number of halogens is 3. The van der Waals surface area contributed by atoms with E-state index >= 15 is 0 Å². The maximum atomic E-state index is 13.5. The summed E-state index contributed by atoms with van der Waals surface area (Å²) in [5.74, 6) is -4.10. The Morgan fingerprint density at radius 1 is 1.14 bits per heavy atom. The van der Waals surface area contributed by atoms with Crippen molar-refractivity contribution in [2.75, 3.05) is 5.32 Å². The molecule has 0 heterocycles. The van der Waals surface area contributed by atoms with Gasteiger partial charge in [0.15, 0.2) is 23.3 Å². The maximum absolute atomic E-state index is 13.5. The molecule has 7 heteroatoms. The molecule has 0 bridgehead atoms. The van der Waals surface area contributed by atoms with E-state index in [2.05, 4.69) is 10.5 Å². The van der Waals surface area contributed by atoms with Gasteiger partial charge in [0.1, 0.15) is 0 Å². The maximum Gasteiger partial charge on any atom is 0.196 e. The SMILES string of the molecule is NC(=NO)c1cccc(CNc2ccc(F)c(F)c2F)c1. The Balaban J connectivity index is 2.15. The van der Waals surface area contributed by atoms with Gasteiger partial charge in [-0.3, -0.25) is 0 Å². The first-order valence-electron chi connectivity index (χ1n) is 5.97. The van der Waals surface area contributed by atoms with E-state index in [4.69, 9.17) is 10.9 Å². The van der Waals surface area contributed by atoms with Gasteiger partial charge in [-0.05, 0) is 23.8 Å². The Morgan fingerprint density at radius 2 is 1.90 bits per heavy atom. The zero-order chi connectivity index (χ0) is 15.4. The highest BCUT2D eigenvalue weighted by Crippen LogP contribution is 2.20. The minimum atomic E-state index is -1.52. The summed E-state index contributed by atoms with van der Waals surface area (Å²) < 4.78 is 39.4. The molecule has 0 aliphatic carbocycles. The van der Waals surface area contributed by atoms with E-state index in [1.807, 2.05) is 0 Å². The molecule has 4 N–H and O–H groups in total. The number of anilines is 1. The van der Waals surface area contributed by atoms with Crippen molar-refractivity contribution in [3.05, 3.63) is 65.0 Å². The fourth-order valence-electron chi connectivity index (χ4n) is 1.76. The quantitative estimate of drug-likeness (QED) is 0.267. The van der Waals surface area contributed by atoms with Gasteiger partial charge in [-0.2, -0.15) is 0 Å². The first-order valence-corrected chi connectivity index (χ1v) is 5.97. The molecular weight excluding hydrogens is 283 g/mol. The van der Waals surface area contributed by atoms with Crippen LogP contribution in [0.1, 0.15) is 11.1 Å². The van der Waals surface area contributed by atoms with E-state index in [-0.39, 0.29) is 18.1 Å². The number of amidine groups is 1. The molecule has 0 saturated heterocycles. The molecule has 0 amide bonds. The molecule has 0 aromatic heterocycles. The standard InChI is InChI=1S/C14H12F3N3O/c15-10-4-5-11(13(17)12(10)16)19-7-8-2-1-3-9(6-8)14(18)20-21/h1-6,19,21H,7H2,(H2,18,20). The van der Waals surface area contributed by atoms with E-state index < -0.39 is 17.5 Å². The summed E-state index contributed by atoms with van der Waals surface area (Å²) in [5.41, 5.74) is 6.50. The molecule has 2 aromatic carbocycles. The third-order valence-corrected chi connectivity index (χ3v) is 2.85. The third-order valence-electron chi connectivity index (χ3n) is 2.85. The zero-order valence-electron chi connectivity index (χ0n) is 10.8. The highest BCUT2D eigenvalue weighted by molar-refractivity contribution is 5.97. The summed E-state index contributed by atoms with van der Waals surface area (Å²) in [6.45, 7) is 0.161. The smallest absolute Gasteiger partial charge is 0.196 e. The number of hydrogen-bond donors (Lipinski definition) is 3. The lowest BCUT2D eigenvalue weighted by Crippen LogP contribution is -2.13. The summed E-state index contributed by atoms with van der Waals surface area (Å²) in [7, 11) is 0. The van der Waals surface area contributed by atoms with Crippen LogP contribution < -0.4 is 11.1 Å². The number of rotatable bonds is 4. The Labute approximate surface area is 118 Å². The number of benzene rings is 2. The van der Waals surface area contributed by atoms with Crippen molar-refractivity contribution in [2.24, 2.45) is 10.9 Å². The van der Waals surface area contributed by atoms with E-state index in [0.29, 0.717) is 11.1 Å². The Bertz CT molecular complexity index is 689. The summed E-state index contributed by atoms with van der Waals surface area (Å²) >= 11 is 0. The fourth-order valence-corrected chi connectivity index (χ4v) is 1.76. The Morgan fingerprint density at radius 3 is 2.62 bits per heavy atom. The van der Waals surface area contributed by atoms with E-state index in [9.17, 15) is 13.2 Å². The van der Waals surface area contributed by atoms with Crippen molar-refractivity contribution in [1.82, 2.24) is 0 Å². The summed E-state index contributed by atoms with van der Waals surface area (Å²) in [6, 6.07) is 8.61. The Hall–Kier alpha value is -2.70. The number of nitrogens with one attached hydrogen (secondary N) is 1. The number of oxime groups is 1. The number of nitrogens with two attached hydrogens (primary N) is 1. The molecular formula is C14H12F3N3O. The predicted molar refractivity (Wildman–Crippen MR) is 72.6 cm³/mol. The second kappa shape index (κ2) is 6.17.